The number of anilines is 1. The van der Waals surface area contributed by atoms with E-state index in [0.717, 1.165) is 35.2 Å². The van der Waals surface area contributed by atoms with E-state index in [-0.39, 0.29) is 5.91 Å². The molecular weight excluding hydrogens is 304 g/mol. The number of hydrogen-bond donors (Lipinski definition) is 1. The topological polar surface area (TPSA) is 72.1 Å². The highest BCUT2D eigenvalue weighted by molar-refractivity contribution is 7.99. The maximum Gasteiger partial charge on any atom is 0.236 e. The van der Waals surface area contributed by atoms with Crippen molar-refractivity contribution in [3.8, 4) is 0 Å². The van der Waals surface area contributed by atoms with Gasteiger partial charge in [0.1, 0.15) is 10.6 Å². The Bertz CT molecular complexity index is 710. The van der Waals surface area contributed by atoms with Gasteiger partial charge in [-0.25, -0.2) is 9.97 Å². The summed E-state index contributed by atoms with van der Waals surface area (Å²) in [5.41, 5.74) is 7.03. The van der Waals surface area contributed by atoms with Gasteiger partial charge in [-0.15, -0.1) is 11.3 Å². The van der Waals surface area contributed by atoms with Crippen LogP contribution in [0.1, 0.15) is 19.3 Å². The van der Waals surface area contributed by atoms with E-state index in [1.165, 1.54) is 23.1 Å². The van der Waals surface area contributed by atoms with Gasteiger partial charge >= 0.3 is 0 Å². The highest BCUT2D eigenvalue weighted by Crippen LogP contribution is 2.27. The van der Waals surface area contributed by atoms with Crippen molar-refractivity contribution in [2.45, 2.75) is 24.4 Å². The van der Waals surface area contributed by atoms with E-state index in [2.05, 4.69) is 16.0 Å². The SMILES string of the molecule is CN(C(=O)CSc1nc(N)c2ccsc2n1)C1=CCCC1. The average molecular weight is 320 g/mol. The molecule has 0 aromatic carbocycles. The quantitative estimate of drug-likeness (QED) is 0.693. The van der Waals surface area contributed by atoms with Crippen LogP contribution in [0.3, 0.4) is 0 Å². The van der Waals surface area contributed by atoms with Crippen molar-refractivity contribution in [2.24, 2.45) is 0 Å². The standard InChI is InChI=1S/C14H16N4OS2/c1-18(9-4-2-3-5-9)11(19)8-21-14-16-12(15)10-6-7-20-13(10)17-14/h4,6-7H,2-3,5,8H2,1H3,(H2,15,16,17). The molecule has 2 N–H and O–H groups in total. The fourth-order valence-electron chi connectivity index (χ4n) is 2.26. The minimum atomic E-state index is 0.0709. The van der Waals surface area contributed by atoms with Gasteiger partial charge in [0.25, 0.3) is 0 Å². The summed E-state index contributed by atoms with van der Waals surface area (Å²) in [5, 5.41) is 3.38. The summed E-state index contributed by atoms with van der Waals surface area (Å²) in [6.45, 7) is 0. The number of allylic oxidation sites excluding steroid dienone is 2. The molecule has 5 nitrogen and oxygen atoms in total. The van der Waals surface area contributed by atoms with Crippen LogP contribution in [-0.2, 0) is 4.79 Å². The number of nitrogen functional groups attached to an aromatic ring is 1. The van der Waals surface area contributed by atoms with Crippen molar-refractivity contribution < 1.29 is 4.79 Å². The highest BCUT2D eigenvalue weighted by Gasteiger charge is 2.17. The molecule has 0 fully saturated rings. The van der Waals surface area contributed by atoms with Crippen LogP contribution >= 0.6 is 23.1 Å². The Morgan fingerprint density at radius 1 is 1.52 bits per heavy atom. The predicted octanol–water partition coefficient (Wildman–Crippen LogP) is 2.89. The Labute approximate surface area is 131 Å². The maximum atomic E-state index is 12.2. The molecule has 3 rings (SSSR count). The van der Waals surface area contributed by atoms with E-state index in [9.17, 15) is 4.79 Å². The first-order valence-corrected chi connectivity index (χ1v) is 8.61. The van der Waals surface area contributed by atoms with Crippen molar-refractivity contribution in [1.29, 1.82) is 0 Å². The zero-order valence-corrected chi connectivity index (χ0v) is 13.3. The van der Waals surface area contributed by atoms with Gasteiger partial charge in [-0.1, -0.05) is 17.8 Å². The lowest BCUT2D eigenvalue weighted by atomic mass is 10.3. The van der Waals surface area contributed by atoms with E-state index in [4.69, 9.17) is 5.73 Å². The minimum Gasteiger partial charge on any atom is -0.383 e. The second-order valence-corrected chi connectivity index (χ2v) is 6.70. The van der Waals surface area contributed by atoms with Crippen molar-refractivity contribution in [2.75, 3.05) is 18.5 Å². The summed E-state index contributed by atoms with van der Waals surface area (Å²) in [4.78, 5) is 23.5. The Morgan fingerprint density at radius 2 is 2.38 bits per heavy atom. The Morgan fingerprint density at radius 3 is 3.14 bits per heavy atom. The molecule has 0 radical (unpaired) electrons. The summed E-state index contributed by atoms with van der Waals surface area (Å²) >= 11 is 2.86. The van der Waals surface area contributed by atoms with Gasteiger partial charge in [0.15, 0.2) is 5.16 Å². The number of carbonyl (C=O) groups is 1. The Balaban J connectivity index is 1.67. The molecule has 0 saturated carbocycles. The van der Waals surface area contributed by atoms with Crippen molar-refractivity contribution in [3.63, 3.8) is 0 Å². The molecule has 21 heavy (non-hydrogen) atoms. The molecule has 0 bridgehead atoms. The second-order valence-electron chi connectivity index (χ2n) is 4.86. The number of thiophene rings is 1. The van der Waals surface area contributed by atoms with Gasteiger partial charge in [0.2, 0.25) is 5.91 Å². The molecule has 1 amide bonds. The van der Waals surface area contributed by atoms with Crippen LogP contribution in [0.2, 0.25) is 0 Å². The van der Waals surface area contributed by atoms with Crippen molar-refractivity contribution in [3.05, 3.63) is 23.2 Å². The number of rotatable bonds is 4. The fraction of sp³-hybridized carbons (Fsp3) is 0.357. The van der Waals surface area contributed by atoms with Gasteiger partial charge in [0, 0.05) is 12.7 Å². The lowest BCUT2D eigenvalue weighted by molar-refractivity contribution is -0.125. The Hall–Kier alpha value is -1.60. The molecule has 0 spiro atoms. The summed E-state index contributed by atoms with van der Waals surface area (Å²) in [5.74, 6) is 0.870. The molecule has 0 unspecified atom stereocenters. The van der Waals surface area contributed by atoms with Gasteiger partial charge < -0.3 is 10.6 Å². The van der Waals surface area contributed by atoms with Crippen LogP contribution in [0.15, 0.2) is 28.4 Å². The molecule has 7 heteroatoms. The van der Waals surface area contributed by atoms with Crippen LogP contribution in [0.4, 0.5) is 5.82 Å². The number of carbonyl (C=O) groups excluding carboxylic acids is 1. The molecule has 2 heterocycles. The van der Waals surface area contributed by atoms with Gasteiger partial charge in [-0.3, -0.25) is 4.79 Å². The van der Waals surface area contributed by atoms with Crippen LogP contribution < -0.4 is 5.73 Å². The average Bonchev–Trinajstić information content (AvgIpc) is 3.14. The summed E-state index contributed by atoms with van der Waals surface area (Å²) in [6.07, 6.45) is 5.32. The smallest absolute Gasteiger partial charge is 0.236 e. The summed E-state index contributed by atoms with van der Waals surface area (Å²) in [6, 6.07) is 1.91. The first-order chi connectivity index (χ1) is 10.1. The number of amides is 1. The third kappa shape index (κ3) is 3.03. The highest BCUT2D eigenvalue weighted by atomic mass is 32.2. The fourth-order valence-corrected chi connectivity index (χ4v) is 3.86. The molecular formula is C14H16N4OS2. The van der Waals surface area contributed by atoms with E-state index in [1.807, 2.05) is 18.5 Å². The van der Waals surface area contributed by atoms with Crippen molar-refractivity contribution >= 4 is 45.0 Å². The summed E-state index contributed by atoms with van der Waals surface area (Å²) < 4.78 is 0. The van der Waals surface area contributed by atoms with Gasteiger partial charge in [-0.2, -0.15) is 0 Å². The van der Waals surface area contributed by atoms with Crippen LogP contribution in [0, 0.1) is 0 Å². The number of hydrogen-bond acceptors (Lipinski definition) is 6. The molecule has 110 valence electrons. The van der Waals surface area contributed by atoms with E-state index < -0.39 is 0 Å². The minimum absolute atomic E-state index is 0.0709. The number of nitrogens with zero attached hydrogens (tertiary/aromatic N) is 3. The maximum absolute atomic E-state index is 12.2. The monoisotopic (exact) mass is 320 g/mol. The molecule has 2 aromatic heterocycles. The number of thioether (sulfide) groups is 1. The lowest BCUT2D eigenvalue weighted by Crippen LogP contribution is -2.27. The van der Waals surface area contributed by atoms with E-state index in [0.29, 0.717) is 16.7 Å². The van der Waals surface area contributed by atoms with Gasteiger partial charge in [0.05, 0.1) is 11.1 Å². The molecule has 0 aliphatic heterocycles. The third-order valence-corrected chi connectivity index (χ3v) is 5.12. The largest absolute Gasteiger partial charge is 0.383 e. The number of nitrogens with two attached hydrogens (primary N) is 1. The third-order valence-electron chi connectivity index (χ3n) is 3.48. The second kappa shape index (κ2) is 6.03. The first kappa shape index (κ1) is 14.3. The molecule has 0 saturated heterocycles. The predicted molar refractivity (Wildman–Crippen MR) is 87.3 cm³/mol. The Kier molecular flexibility index (Phi) is 4.12. The zero-order chi connectivity index (χ0) is 14.8. The lowest BCUT2D eigenvalue weighted by Gasteiger charge is -2.17. The first-order valence-electron chi connectivity index (χ1n) is 6.74. The van der Waals surface area contributed by atoms with Crippen molar-refractivity contribution in [1.82, 2.24) is 14.9 Å². The van der Waals surface area contributed by atoms with E-state index >= 15 is 0 Å². The zero-order valence-electron chi connectivity index (χ0n) is 11.7. The molecule has 0 atom stereocenters. The van der Waals surface area contributed by atoms with Gasteiger partial charge in [-0.05, 0) is 30.7 Å². The number of fused-ring (bicyclic) bond motifs is 1. The van der Waals surface area contributed by atoms with E-state index in [1.54, 1.807) is 4.90 Å². The summed E-state index contributed by atoms with van der Waals surface area (Å²) in [7, 11) is 1.83. The van der Waals surface area contributed by atoms with Crippen LogP contribution in [0.5, 0.6) is 0 Å². The molecule has 2 aromatic rings. The number of aromatic nitrogens is 2. The van der Waals surface area contributed by atoms with Crippen LogP contribution in [-0.4, -0.2) is 33.6 Å². The molecule has 1 aliphatic carbocycles. The normalized spacial score (nSPS) is 14.4. The molecule has 1 aliphatic rings. The van der Waals surface area contributed by atoms with Crippen LogP contribution in [0.25, 0.3) is 10.2 Å².